The highest BCUT2D eigenvalue weighted by molar-refractivity contribution is 7.17. The highest BCUT2D eigenvalue weighted by Crippen LogP contribution is 2.28. The SMILES string of the molecule is Cc1ccc(C(=O)NC2CC2)cc1NC(=O)c1sc(-c2ccccn2)nc1C. The third kappa shape index (κ3) is 3.94. The van der Waals surface area contributed by atoms with Crippen molar-refractivity contribution in [2.24, 2.45) is 0 Å². The lowest BCUT2D eigenvalue weighted by molar-refractivity contribution is 0.0949. The Morgan fingerprint density at radius 3 is 2.64 bits per heavy atom. The number of pyridine rings is 1. The first-order valence-electron chi connectivity index (χ1n) is 9.13. The monoisotopic (exact) mass is 392 g/mol. The van der Waals surface area contributed by atoms with Gasteiger partial charge >= 0.3 is 0 Å². The fourth-order valence-corrected chi connectivity index (χ4v) is 3.72. The topological polar surface area (TPSA) is 84.0 Å². The molecule has 2 heterocycles. The summed E-state index contributed by atoms with van der Waals surface area (Å²) in [7, 11) is 0. The number of nitrogens with one attached hydrogen (secondary N) is 2. The van der Waals surface area contributed by atoms with E-state index in [0.717, 1.165) is 24.1 Å². The van der Waals surface area contributed by atoms with E-state index < -0.39 is 0 Å². The number of aryl methyl sites for hydroxylation is 2. The number of anilines is 1. The molecule has 2 amide bonds. The molecule has 0 radical (unpaired) electrons. The number of amides is 2. The molecule has 28 heavy (non-hydrogen) atoms. The number of aromatic nitrogens is 2. The number of nitrogens with zero attached hydrogens (tertiary/aromatic N) is 2. The number of hydrogen-bond acceptors (Lipinski definition) is 5. The third-order valence-corrected chi connectivity index (χ3v) is 5.73. The maximum Gasteiger partial charge on any atom is 0.267 e. The standard InChI is InChI=1S/C21H20N4O2S/c1-12-6-7-14(19(26)24-15-8-9-15)11-17(12)25-20(27)18-13(2)23-21(28-18)16-5-3-4-10-22-16/h3-7,10-11,15H,8-9H2,1-2H3,(H,24,26)(H,25,27). The fraction of sp³-hybridized carbons (Fsp3) is 0.238. The zero-order chi connectivity index (χ0) is 19.7. The second-order valence-corrected chi connectivity index (χ2v) is 7.88. The lowest BCUT2D eigenvalue weighted by Crippen LogP contribution is -2.25. The molecule has 1 aliphatic carbocycles. The fourth-order valence-electron chi connectivity index (χ4n) is 2.78. The molecule has 7 heteroatoms. The van der Waals surface area contributed by atoms with Gasteiger partial charge in [0, 0.05) is 23.5 Å². The molecule has 1 aliphatic rings. The van der Waals surface area contributed by atoms with E-state index in [9.17, 15) is 9.59 Å². The van der Waals surface area contributed by atoms with Gasteiger partial charge in [-0.15, -0.1) is 11.3 Å². The molecule has 1 aromatic carbocycles. The summed E-state index contributed by atoms with van der Waals surface area (Å²) in [6.45, 7) is 3.71. The molecule has 0 spiro atoms. The normalized spacial score (nSPS) is 13.2. The number of thiazole rings is 1. The van der Waals surface area contributed by atoms with Gasteiger partial charge in [-0.1, -0.05) is 12.1 Å². The first-order chi connectivity index (χ1) is 13.5. The summed E-state index contributed by atoms with van der Waals surface area (Å²) < 4.78 is 0. The predicted molar refractivity (Wildman–Crippen MR) is 110 cm³/mol. The lowest BCUT2D eigenvalue weighted by atomic mass is 10.1. The Hall–Kier alpha value is -3.06. The average Bonchev–Trinajstić information content (AvgIpc) is 3.42. The van der Waals surface area contributed by atoms with E-state index in [1.54, 1.807) is 18.3 Å². The molecule has 2 aromatic heterocycles. The molecule has 1 saturated carbocycles. The molecule has 0 atom stereocenters. The number of carbonyl (C=O) groups excluding carboxylic acids is 2. The molecule has 142 valence electrons. The molecule has 6 nitrogen and oxygen atoms in total. The van der Waals surface area contributed by atoms with Crippen LogP contribution in [0, 0.1) is 13.8 Å². The summed E-state index contributed by atoms with van der Waals surface area (Å²) in [4.78, 5) is 34.4. The zero-order valence-corrected chi connectivity index (χ0v) is 16.5. The number of rotatable bonds is 5. The van der Waals surface area contributed by atoms with Crippen molar-refractivity contribution in [1.82, 2.24) is 15.3 Å². The summed E-state index contributed by atoms with van der Waals surface area (Å²) in [6, 6.07) is 11.2. The number of carbonyl (C=O) groups is 2. The minimum absolute atomic E-state index is 0.107. The van der Waals surface area contributed by atoms with E-state index in [4.69, 9.17) is 0 Å². The van der Waals surface area contributed by atoms with E-state index in [-0.39, 0.29) is 17.9 Å². The Morgan fingerprint density at radius 1 is 1.11 bits per heavy atom. The number of benzene rings is 1. The van der Waals surface area contributed by atoms with E-state index in [0.29, 0.717) is 26.8 Å². The summed E-state index contributed by atoms with van der Waals surface area (Å²) in [5, 5.41) is 6.60. The summed E-state index contributed by atoms with van der Waals surface area (Å²) >= 11 is 1.31. The smallest absolute Gasteiger partial charge is 0.267 e. The van der Waals surface area contributed by atoms with Gasteiger partial charge in [0.15, 0.2) is 0 Å². The van der Waals surface area contributed by atoms with Crippen LogP contribution in [0.2, 0.25) is 0 Å². The van der Waals surface area contributed by atoms with Gasteiger partial charge in [-0.3, -0.25) is 14.6 Å². The minimum Gasteiger partial charge on any atom is -0.349 e. The van der Waals surface area contributed by atoms with Crippen LogP contribution in [0.3, 0.4) is 0 Å². The van der Waals surface area contributed by atoms with Crippen LogP contribution in [0.5, 0.6) is 0 Å². The third-order valence-electron chi connectivity index (χ3n) is 4.55. The molecule has 0 saturated heterocycles. The van der Waals surface area contributed by atoms with Gasteiger partial charge in [-0.2, -0.15) is 0 Å². The summed E-state index contributed by atoms with van der Waals surface area (Å²) in [6.07, 6.45) is 3.77. The van der Waals surface area contributed by atoms with Crippen molar-refractivity contribution in [3.63, 3.8) is 0 Å². The lowest BCUT2D eigenvalue weighted by Gasteiger charge is -2.10. The van der Waals surface area contributed by atoms with Crippen molar-refractivity contribution < 1.29 is 9.59 Å². The van der Waals surface area contributed by atoms with Crippen LogP contribution in [0.1, 0.15) is 44.1 Å². The Morgan fingerprint density at radius 2 is 1.93 bits per heavy atom. The van der Waals surface area contributed by atoms with Crippen molar-refractivity contribution in [2.75, 3.05) is 5.32 Å². The molecule has 1 fully saturated rings. The van der Waals surface area contributed by atoms with Crippen molar-refractivity contribution in [3.05, 3.63) is 64.3 Å². The van der Waals surface area contributed by atoms with Gasteiger partial charge in [-0.25, -0.2) is 4.98 Å². The van der Waals surface area contributed by atoms with Crippen LogP contribution in [0.15, 0.2) is 42.6 Å². The van der Waals surface area contributed by atoms with Gasteiger partial charge < -0.3 is 10.6 Å². The van der Waals surface area contributed by atoms with Crippen molar-refractivity contribution in [2.45, 2.75) is 32.7 Å². The maximum atomic E-state index is 12.8. The Balaban J connectivity index is 1.55. The molecule has 3 aromatic rings. The Labute approximate surface area is 167 Å². The van der Waals surface area contributed by atoms with Crippen molar-refractivity contribution >= 4 is 28.8 Å². The predicted octanol–water partition coefficient (Wildman–Crippen LogP) is 3.97. The maximum absolute atomic E-state index is 12.8. The second-order valence-electron chi connectivity index (χ2n) is 6.88. The van der Waals surface area contributed by atoms with E-state index in [1.807, 2.05) is 38.1 Å². The Bertz CT molecular complexity index is 1040. The van der Waals surface area contributed by atoms with Crippen LogP contribution in [-0.4, -0.2) is 27.8 Å². The minimum atomic E-state index is -0.236. The van der Waals surface area contributed by atoms with E-state index in [1.165, 1.54) is 11.3 Å². The molecular formula is C21H20N4O2S. The molecule has 0 bridgehead atoms. The molecule has 2 N–H and O–H groups in total. The molecular weight excluding hydrogens is 372 g/mol. The van der Waals surface area contributed by atoms with Crippen LogP contribution in [0.4, 0.5) is 5.69 Å². The highest BCUT2D eigenvalue weighted by Gasteiger charge is 2.24. The quantitative estimate of drug-likeness (QED) is 0.688. The average molecular weight is 392 g/mol. The van der Waals surface area contributed by atoms with Gasteiger partial charge in [0.25, 0.3) is 11.8 Å². The van der Waals surface area contributed by atoms with E-state index in [2.05, 4.69) is 20.6 Å². The first kappa shape index (κ1) is 18.3. The van der Waals surface area contributed by atoms with Gasteiger partial charge in [0.1, 0.15) is 9.88 Å². The van der Waals surface area contributed by atoms with Gasteiger partial charge in [0.05, 0.1) is 11.4 Å². The van der Waals surface area contributed by atoms with Crippen molar-refractivity contribution in [3.8, 4) is 10.7 Å². The largest absolute Gasteiger partial charge is 0.349 e. The molecule has 0 unspecified atom stereocenters. The van der Waals surface area contributed by atoms with Crippen LogP contribution < -0.4 is 10.6 Å². The molecule has 4 rings (SSSR count). The first-order valence-corrected chi connectivity index (χ1v) is 9.94. The molecule has 0 aliphatic heterocycles. The Kier molecular flexibility index (Phi) is 4.92. The van der Waals surface area contributed by atoms with E-state index >= 15 is 0 Å². The van der Waals surface area contributed by atoms with Crippen LogP contribution in [-0.2, 0) is 0 Å². The summed E-state index contributed by atoms with van der Waals surface area (Å²) in [5.41, 5.74) is 3.46. The number of hydrogen-bond donors (Lipinski definition) is 2. The van der Waals surface area contributed by atoms with Gasteiger partial charge in [-0.05, 0) is 56.5 Å². The summed E-state index contributed by atoms with van der Waals surface area (Å²) in [5.74, 6) is -0.343. The van der Waals surface area contributed by atoms with Gasteiger partial charge in [0.2, 0.25) is 0 Å². The highest BCUT2D eigenvalue weighted by atomic mass is 32.1. The van der Waals surface area contributed by atoms with Crippen LogP contribution in [0.25, 0.3) is 10.7 Å². The second kappa shape index (κ2) is 7.52. The zero-order valence-electron chi connectivity index (χ0n) is 15.7. The van der Waals surface area contributed by atoms with Crippen LogP contribution >= 0.6 is 11.3 Å². The van der Waals surface area contributed by atoms with Crippen molar-refractivity contribution in [1.29, 1.82) is 0 Å².